The standard InChI is InChI=1S/C14H20ClNO/c1-4-5-9-12(15)14(17)16-13-10(2)7-6-8-11(13)3/h6-8,12H,4-5,9H2,1-3H3,(H,16,17). The van der Waals surface area contributed by atoms with E-state index in [1.54, 1.807) is 0 Å². The SMILES string of the molecule is CCCCC(Cl)C(=O)Nc1c(C)cccc1C. The first-order valence-corrected chi connectivity index (χ1v) is 6.51. The average molecular weight is 254 g/mol. The van der Waals surface area contributed by atoms with Gasteiger partial charge in [0.1, 0.15) is 5.38 Å². The third-order valence-electron chi connectivity index (χ3n) is 2.82. The molecule has 0 heterocycles. The number of anilines is 1. The Balaban J connectivity index is 2.68. The molecule has 1 N–H and O–H groups in total. The Morgan fingerprint density at radius 2 is 1.94 bits per heavy atom. The summed E-state index contributed by atoms with van der Waals surface area (Å²) in [6, 6.07) is 5.95. The molecule has 1 rings (SSSR count). The first kappa shape index (κ1) is 14.0. The van der Waals surface area contributed by atoms with Crippen LogP contribution in [0.25, 0.3) is 0 Å². The fourth-order valence-corrected chi connectivity index (χ4v) is 1.94. The number of para-hydroxylation sites is 1. The number of hydrogen-bond donors (Lipinski definition) is 1. The molecule has 1 aromatic carbocycles. The summed E-state index contributed by atoms with van der Waals surface area (Å²) in [6.45, 7) is 6.06. The number of carbonyl (C=O) groups is 1. The summed E-state index contributed by atoms with van der Waals surface area (Å²) in [4.78, 5) is 11.9. The molecule has 0 aliphatic carbocycles. The Bertz CT molecular complexity index is 370. The maximum absolute atomic E-state index is 11.9. The Kier molecular flexibility index (Phi) is 5.49. The van der Waals surface area contributed by atoms with Crippen LogP contribution in [0.4, 0.5) is 5.69 Å². The third kappa shape index (κ3) is 4.04. The second-order valence-electron chi connectivity index (χ2n) is 4.37. The van der Waals surface area contributed by atoms with Crippen LogP contribution in [0.15, 0.2) is 18.2 Å². The van der Waals surface area contributed by atoms with Gasteiger partial charge in [0, 0.05) is 5.69 Å². The first-order valence-electron chi connectivity index (χ1n) is 6.07. The van der Waals surface area contributed by atoms with Gasteiger partial charge in [-0.25, -0.2) is 0 Å². The molecule has 0 aliphatic heterocycles. The van der Waals surface area contributed by atoms with Crippen molar-refractivity contribution in [2.45, 2.75) is 45.4 Å². The van der Waals surface area contributed by atoms with E-state index in [-0.39, 0.29) is 5.91 Å². The monoisotopic (exact) mass is 253 g/mol. The molecule has 1 unspecified atom stereocenters. The number of benzene rings is 1. The van der Waals surface area contributed by atoms with Crippen molar-refractivity contribution >= 4 is 23.2 Å². The van der Waals surface area contributed by atoms with Crippen LogP contribution in [-0.2, 0) is 4.79 Å². The van der Waals surface area contributed by atoms with Gasteiger partial charge < -0.3 is 5.32 Å². The van der Waals surface area contributed by atoms with Crippen LogP contribution >= 0.6 is 11.6 Å². The van der Waals surface area contributed by atoms with Crippen molar-refractivity contribution in [3.05, 3.63) is 29.3 Å². The van der Waals surface area contributed by atoms with Crippen molar-refractivity contribution in [1.29, 1.82) is 0 Å². The van der Waals surface area contributed by atoms with Crippen LogP contribution in [-0.4, -0.2) is 11.3 Å². The molecule has 0 radical (unpaired) electrons. The van der Waals surface area contributed by atoms with E-state index in [2.05, 4.69) is 12.2 Å². The number of amides is 1. The van der Waals surface area contributed by atoms with Crippen molar-refractivity contribution in [3.63, 3.8) is 0 Å². The highest BCUT2D eigenvalue weighted by molar-refractivity contribution is 6.32. The summed E-state index contributed by atoms with van der Waals surface area (Å²) in [5.74, 6) is -0.0995. The molecular weight excluding hydrogens is 234 g/mol. The molecule has 3 heteroatoms. The molecule has 0 fully saturated rings. The molecule has 0 saturated heterocycles. The van der Waals surface area contributed by atoms with Gasteiger partial charge in [-0.1, -0.05) is 38.0 Å². The zero-order valence-corrected chi connectivity index (χ0v) is 11.5. The Morgan fingerprint density at radius 1 is 1.35 bits per heavy atom. The van der Waals surface area contributed by atoms with Crippen LogP contribution in [0.2, 0.25) is 0 Å². The second-order valence-corrected chi connectivity index (χ2v) is 4.89. The number of hydrogen-bond acceptors (Lipinski definition) is 1. The van der Waals surface area contributed by atoms with E-state index in [1.807, 2.05) is 32.0 Å². The van der Waals surface area contributed by atoms with Crippen LogP contribution in [0.5, 0.6) is 0 Å². The van der Waals surface area contributed by atoms with Gasteiger partial charge in [0.25, 0.3) is 0 Å². The fourth-order valence-electron chi connectivity index (χ4n) is 1.73. The highest BCUT2D eigenvalue weighted by Gasteiger charge is 2.16. The molecule has 2 nitrogen and oxygen atoms in total. The molecule has 0 saturated carbocycles. The second kappa shape index (κ2) is 6.65. The lowest BCUT2D eigenvalue weighted by atomic mass is 10.1. The molecule has 0 aliphatic rings. The Labute approximate surface area is 108 Å². The minimum Gasteiger partial charge on any atom is -0.324 e. The predicted octanol–water partition coefficient (Wildman–Crippen LogP) is 4.04. The maximum Gasteiger partial charge on any atom is 0.242 e. The van der Waals surface area contributed by atoms with Crippen LogP contribution in [0.3, 0.4) is 0 Å². The molecule has 0 aromatic heterocycles. The van der Waals surface area contributed by atoms with E-state index in [0.29, 0.717) is 0 Å². The molecule has 17 heavy (non-hydrogen) atoms. The molecule has 1 atom stereocenters. The largest absolute Gasteiger partial charge is 0.324 e. The van der Waals surface area contributed by atoms with E-state index >= 15 is 0 Å². The fraction of sp³-hybridized carbons (Fsp3) is 0.500. The lowest BCUT2D eigenvalue weighted by Gasteiger charge is -2.14. The molecule has 1 aromatic rings. The summed E-state index contributed by atoms with van der Waals surface area (Å²) in [6.07, 6.45) is 2.77. The molecule has 0 spiro atoms. The number of nitrogens with one attached hydrogen (secondary N) is 1. The van der Waals surface area contributed by atoms with Gasteiger partial charge in [0.2, 0.25) is 5.91 Å². The van der Waals surface area contributed by atoms with Gasteiger partial charge in [-0.15, -0.1) is 11.6 Å². The lowest BCUT2D eigenvalue weighted by Crippen LogP contribution is -2.24. The number of alkyl halides is 1. The van der Waals surface area contributed by atoms with Crippen molar-refractivity contribution in [1.82, 2.24) is 0 Å². The van der Waals surface area contributed by atoms with Crippen LogP contribution in [0.1, 0.15) is 37.3 Å². The maximum atomic E-state index is 11.9. The summed E-state index contributed by atoms with van der Waals surface area (Å²) in [5.41, 5.74) is 3.02. The van der Waals surface area contributed by atoms with Gasteiger partial charge in [0.15, 0.2) is 0 Å². The summed E-state index contributed by atoms with van der Waals surface area (Å²) in [7, 11) is 0. The summed E-state index contributed by atoms with van der Waals surface area (Å²) >= 11 is 6.05. The van der Waals surface area contributed by atoms with Gasteiger partial charge in [-0.3, -0.25) is 4.79 Å². The van der Waals surface area contributed by atoms with Crippen molar-refractivity contribution in [2.75, 3.05) is 5.32 Å². The highest BCUT2D eigenvalue weighted by atomic mass is 35.5. The quantitative estimate of drug-likeness (QED) is 0.789. The lowest BCUT2D eigenvalue weighted by molar-refractivity contribution is -0.116. The van der Waals surface area contributed by atoms with Crippen molar-refractivity contribution in [3.8, 4) is 0 Å². The van der Waals surface area contributed by atoms with E-state index in [0.717, 1.165) is 36.1 Å². The van der Waals surface area contributed by atoms with Crippen LogP contribution in [0, 0.1) is 13.8 Å². The average Bonchev–Trinajstić information content (AvgIpc) is 2.30. The molecular formula is C14H20ClNO. The van der Waals surface area contributed by atoms with Gasteiger partial charge in [0.05, 0.1) is 0 Å². The number of halogens is 1. The normalized spacial score (nSPS) is 12.2. The minimum absolute atomic E-state index is 0.0995. The zero-order chi connectivity index (χ0) is 12.8. The Hall–Kier alpha value is -1.02. The highest BCUT2D eigenvalue weighted by Crippen LogP contribution is 2.20. The number of aryl methyl sites for hydroxylation is 2. The number of unbranched alkanes of at least 4 members (excludes halogenated alkanes) is 1. The topological polar surface area (TPSA) is 29.1 Å². The van der Waals surface area contributed by atoms with Crippen molar-refractivity contribution < 1.29 is 4.79 Å². The van der Waals surface area contributed by atoms with Gasteiger partial charge in [-0.2, -0.15) is 0 Å². The number of rotatable bonds is 5. The van der Waals surface area contributed by atoms with Gasteiger partial charge in [-0.05, 0) is 31.4 Å². The predicted molar refractivity (Wildman–Crippen MR) is 73.7 cm³/mol. The summed E-state index contributed by atoms with van der Waals surface area (Å²) in [5, 5.41) is 2.48. The van der Waals surface area contributed by atoms with Crippen LogP contribution < -0.4 is 5.32 Å². The Morgan fingerprint density at radius 3 is 2.47 bits per heavy atom. The summed E-state index contributed by atoms with van der Waals surface area (Å²) < 4.78 is 0. The number of carbonyl (C=O) groups excluding carboxylic acids is 1. The molecule has 94 valence electrons. The minimum atomic E-state index is -0.436. The first-order chi connectivity index (χ1) is 8.06. The smallest absolute Gasteiger partial charge is 0.242 e. The van der Waals surface area contributed by atoms with E-state index in [1.165, 1.54) is 0 Å². The zero-order valence-electron chi connectivity index (χ0n) is 10.7. The van der Waals surface area contributed by atoms with Gasteiger partial charge >= 0.3 is 0 Å². The van der Waals surface area contributed by atoms with Crippen molar-refractivity contribution in [2.24, 2.45) is 0 Å². The van der Waals surface area contributed by atoms with E-state index in [4.69, 9.17) is 11.6 Å². The molecule has 0 bridgehead atoms. The van der Waals surface area contributed by atoms with E-state index in [9.17, 15) is 4.79 Å². The van der Waals surface area contributed by atoms with E-state index < -0.39 is 5.38 Å². The molecule has 1 amide bonds. The third-order valence-corrected chi connectivity index (χ3v) is 3.24.